The highest BCUT2D eigenvalue weighted by Gasteiger charge is 2.65. The van der Waals surface area contributed by atoms with Gasteiger partial charge in [0, 0.05) is 5.38 Å². The number of thiazole rings is 1. The average molecular weight is 1270 g/mol. The summed E-state index contributed by atoms with van der Waals surface area (Å²) < 4.78 is 41.0. The van der Waals surface area contributed by atoms with Crippen LogP contribution in [0.2, 0.25) is 5.02 Å². The number of anilines is 1. The minimum absolute atomic E-state index is 0.0152. The summed E-state index contributed by atoms with van der Waals surface area (Å²) in [7, 11) is 3.11. The molecule has 0 bridgehead atoms. The monoisotopic (exact) mass is 1270 g/mol. The Labute approximate surface area is 525 Å². The van der Waals surface area contributed by atoms with Crippen LogP contribution in [-0.4, -0.2) is 125 Å². The van der Waals surface area contributed by atoms with E-state index in [0.29, 0.717) is 22.6 Å². The number of esters is 2. The molecule has 9 rings (SSSR count). The van der Waals surface area contributed by atoms with Crippen LogP contribution in [0.4, 0.5) is 9.93 Å². The molecule has 466 valence electrons. The number of β-lactam (4-membered cyclic amide) rings is 1. The molecule has 3 N–H and O–H groups in total. The highest BCUT2D eigenvalue weighted by Crippen LogP contribution is 2.51. The molecular weight excluding hydrogens is 1210 g/mol. The topological polar surface area (TPSA) is 290 Å². The first-order chi connectivity index (χ1) is 42.3. The summed E-state index contributed by atoms with van der Waals surface area (Å²) in [5, 5.41) is 20.4. The molecule has 4 amide bonds. The number of fused-ring (bicyclic) bond motifs is 1. The lowest BCUT2D eigenvalue weighted by Crippen LogP contribution is -2.68. The second kappa shape index (κ2) is 26.6. The van der Waals surface area contributed by atoms with Crippen LogP contribution in [0.1, 0.15) is 106 Å². The zero-order valence-corrected chi connectivity index (χ0v) is 52.6. The normalized spacial score (nSPS) is 16.6. The number of oxime groups is 1. The number of halogens is 1. The van der Waals surface area contributed by atoms with Crippen molar-refractivity contribution >= 4 is 81.3 Å². The van der Waals surface area contributed by atoms with Gasteiger partial charge < -0.3 is 53.9 Å². The molecule has 89 heavy (non-hydrogen) atoms. The fourth-order valence-corrected chi connectivity index (χ4v) is 11.3. The maximum absolute atomic E-state index is 15.4. The van der Waals surface area contributed by atoms with E-state index in [1.807, 2.05) is 24.3 Å². The molecule has 7 aromatic rings. The number of benzene rings is 5. The van der Waals surface area contributed by atoms with Crippen LogP contribution in [0, 0.1) is 0 Å². The molecule has 24 nitrogen and oxygen atoms in total. The number of carbonyl (C=O) groups is 6. The Morgan fingerprint density at radius 2 is 1.38 bits per heavy atom. The lowest BCUT2D eigenvalue weighted by molar-refractivity contribution is -0.179. The summed E-state index contributed by atoms with van der Waals surface area (Å²) in [6.07, 6.45) is -2.13. The molecular formula is C62H65ClN10O14S2. The number of nitrogen functional groups attached to an aromatic ring is 1. The molecule has 2 aliphatic heterocycles. The predicted molar refractivity (Wildman–Crippen MR) is 328 cm³/mol. The Hall–Kier alpha value is -9.27. The van der Waals surface area contributed by atoms with Crippen molar-refractivity contribution in [1.29, 1.82) is 0 Å². The number of tetrazole rings is 1. The highest BCUT2D eigenvalue weighted by molar-refractivity contribution is 8.01. The summed E-state index contributed by atoms with van der Waals surface area (Å²) in [4.78, 5) is 97.6. The van der Waals surface area contributed by atoms with E-state index in [1.54, 1.807) is 141 Å². The van der Waals surface area contributed by atoms with Crippen molar-refractivity contribution in [3.63, 3.8) is 0 Å². The fraction of sp³-hybridized carbons (Fsp3) is 0.339. The molecule has 4 heterocycles. The number of aromatic nitrogens is 5. The summed E-state index contributed by atoms with van der Waals surface area (Å²) in [6.45, 7) is 11.6. The number of nitrogens with two attached hydrogens (primary N) is 1. The van der Waals surface area contributed by atoms with E-state index in [-0.39, 0.29) is 51.9 Å². The van der Waals surface area contributed by atoms with Gasteiger partial charge in [-0.3, -0.25) is 14.4 Å². The average Bonchev–Trinajstić information content (AvgIpc) is 1.57. The molecule has 0 saturated carbocycles. The first-order valence-corrected chi connectivity index (χ1v) is 29.9. The third kappa shape index (κ3) is 15.0. The Morgan fingerprint density at radius 3 is 1.93 bits per heavy atom. The maximum atomic E-state index is 15.4. The quantitative estimate of drug-likeness (QED) is 0.0210. The standard InChI is InChI=1S/C62H65ClN10O14S2/c1-59(2,3)85-55(77)61(7,8)87-69-47(43-34-88-57(64)65-43)51(74)66-48-53(76)72-35-62(89-54(48)72,56(78)84-49(38-17-13-11-14-18-38)39-19-15-12-16-20-39)73-68-45(67-70-73)31-71(58(79)86-60(4,5)6)52(75)42-29-30-44(82-32-36-21-25-40(80-9)26-22-36)50(46(42)63)83-33-37-23-27-41(81-10)28-24-37/h11-30,34,48-49,54H,31-33,35H2,1-10H3,(H2,64,65)(H,66,74)/b69-47-/t48-,54-,62-/m1/s1. The minimum Gasteiger partial charge on any atom is -0.497 e. The van der Waals surface area contributed by atoms with Gasteiger partial charge in [-0.15, -0.1) is 26.3 Å². The van der Waals surface area contributed by atoms with Crippen molar-refractivity contribution in [2.75, 3.05) is 26.5 Å². The molecule has 2 saturated heterocycles. The Balaban J connectivity index is 1.05. The summed E-state index contributed by atoms with van der Waals surface area (Å²) in [6, 6.07) is 33.8. The second-order valence-corrected chi connectivity index (χ2v) is 25.5. The van der Waals surface area contributed by atoms with Crippen LogP contribution in [0.15, 0.2) is 132 Å². The molecule has 2 fully saturated rings. The Kier molecular flexibility index (Phi) is 19.2. The van der Waals surface area contributed by atoms with Gasteiger partial charge in [-0.25, -0.2) is 24.3 Å². The van der Waals surface area contributed by atoms with Crippen molar-refractivity contribution in [2.45, 2.75) is 114 Å². The van der Waals surface area contributed by atoms with E-state index >= 15 is 9.59 Å². The molecule has 5 aromatic carbocycles. The smallest absolute Gasteiger partial charge is 0.417 e. The number of carbonyl (C=O) groups excluding carboxylic acids is 6. The molecule has 27 heteroatoms. The Morgan fingerprint density at radius 1 is 0.798 bits per heavy atom. The molecule has 0 spiro atoms. The molecule has 3 atom stereocenters. The SMILES string of the molecule is COc1ccc(COc2ccc(C(=O)N(Cc3nnn([C@]4(C(=O)OC(c5ccccc5)c5ccccc5)CN5C(=O)[C@@H](NC(=O)/C(=N\OC(C)(C)C(=O)OC(C)(C)C)c6csc(N)n6)[C@H]5S4)n3)C(=O)OC(C)(C)C)c(Cl)c2OCc2ccc(OC)cc2)cc1. The summed E-state index contributed by atoms with van der Waals surface area (Å²) >= 11 is 9.05. The molecule has 0 unspecified atom stereocenters. The van der Waals surface area contributed by atoms with E-state index in [9.17, 15) is 19.2 Å². The third-order valence-electron chi connectivity index (χ3n) is 13.4. The zero-order chi connectivity index (χ0) is 64.0. The van der Waals surface area contributed by atoms with Gasteiger partial charge in [0.1, 0.15) is 53.0 Å². The summed E-state index contributed by atoms with van der Waals surface area (Å²) in [5.41, 5.74) is 4.32. The van der Waals surface area contributed by atoms with Crippen molar-refractivity contribution in [3.05, 3.63) is 171 Å². The van der Waals surface area contributed by atoms with E-state index in [2.05, 4.69) is 30.9 Å². The number of hydrogen-bond acceptors (Lipinski definition) is 22. The van der Waals surface area contributed by atoms with Gasteiger partial charge in [0.15, 0.2) is 34.3 Å². The van der Waals surface area contributed by atoms with Crippen LogP contribution in [0.5, 0.6) is 23.0 Å². The number of amides is 4. The molecule has 0 radical (unpaired) electrons. The van der Waals surface area contributed by atoms with Gasteiger partial charge in [-0.1, -0.05) is 113 Å². The van der Waals surface area contributed by atoms with Crippen LogP contribution in [-0.2, 0) is 62.9 Å². The van der Waals surface area contributed by atoms with Gasteiger partial charge in [0.25, 0.3) is 11.8 Å². The number of methoxy groups -OCH3 is 2. The van der Waals surface area contributed by atoms with Crippen molar-refractivity contribution in [2.24, 2.45) is 5.16 Å². The molecule has 0 aliphatic carbocycles. The van der Waals surface area contributed by atoms with Crippen LogP contribution in [0.3, 0.4) is 0 Å². The molecule has 2 aliphatic rings. The minimum atomic E-state index is -2.06. The van der Waals surface area contributed by atoms with E-state index < -0.39 is 93.7 Å². The number of imide groups is 1. The van der Waals surface area contributed by atoms with Crippen molar-refractivity contribution in [3.8, 4) is 23.0 Å². The fourth-order valence-electron chi connectivity index (χ4n) is 8.92. The van der Waals surface area contributed by atoms with Gasteiger partial charge in [0.05, 0.1) is 37.9 Å². The van der Waals surface area contributed by atoms with Crippen LogP contribution in [0.25, 0.3) is 0 Å². The maximum Gasteiger partial charge on any atom is 0.417 e. The first kappa shape index (κ1) is 64.2. The third-order valence-corrected chi connectivity index (χ3v) is 16.1. The highest BCUT2D eigenvalue weighted by atomic mass is 35.5. The van der Waals surface area contributed by atoms with Crippen LogP contribution >= 0.6 is 34.7 Å². The van der Waals surface area contributed by atoms with Crippen LogP contribution < -0.4 is 30.0 Å². The number of ether oxygens (including phenoxy) is 7. The lowest BCUT2D eigenvalue weighted by Gasteiger charge is -2.41. The first-order valence-electron chi connectivity index (χ1n) is 27.8. The molecule has 2 aromatic heterocycles. The number of thioether (sulfide) groups is 1. The number of nitrogens with zero attached hydrogens (tertiary/aromatic N) is 8. The van der Waals surface area contributed by atoms with E-state index in [1.165, 1.54) is 36.3 Å². The van der Waals surface area contributed by atoms with Gasteiger partial charge in [-0.05, 0) is 119 Å². The van der Waals surface area contributed by atoms with Gasteiger partial charge in [-0.2, -0.15) is 0 Å². The number of nitrogens with one attached hydrogen (secondary N) is 1. The zero-order valence-electron chi connectivity index (χ0n) is 50.2. The largest absolute Gasteiger partial charge is 0.497 e. The summed E-state index contributed by atoms with van der Waals surface area (Å²) in [5.74, 6) is -3.08. The second-order valence-electron chi connectivity index (χ2n) is 22.8. The van der Waals surface area contributed by atoms with Gasteiger partial charge >= 0.3 is 18.0 Å². The van der Waals surface area contributed by atoms with Crippen molar-refractivity contribution < 1.29 is 66.8 Å². The lowest BCUT2D eigenvalue weighted by atomic mass is 10.0. The number of hydrogen-bond donors (Lipinski definition) is 2. The predicted octanol–water partition coefficient (Wildman–Crippen LogP) is 9.04. The van der Waals surface area contributed by atoms with Gasteiger partial charge in [0.2, 0.25) is 16.4 Å². The van der Waals surface area contributed by atoms with E-state index in [4.69, 9.17) is 55.3 Å². The number of rotatable bonds is 22. The van der Waals surface area contributed by atoms with E-state index in [0.717, 1.165) is 43.9 Å². The van der Waals surface area contributed by atoms with Crippen molar-refractivity contribution in [1.82, 2.24) is 40.3 Å². The Bertz CT molecular complexity index is 3720.